The van der Waals surface area contributed by atoms with Crippen LogP contribution in [0, 0.1) is 0 Å². The molecule has 0 radical (unpaired) electrons. The lowest BCUT2D eigenvalue weighted by molar-refractivity contribution is -0.122. The second kappa shape index (κ2) is 7.17. The Bertz CT molecular complexity index is 435. The van der Waals surface area contributed by atoms with Crippen molar-refractivity contribution in [3.63, 3.8) is 0 Å². The van der Waals surface area contributed by atoms with Crippen molar-refractivity contribution < 1.29 is 4.79 Å². The molecule has 1 heterocycles. The third kappa shape index (κ3) is 4.71. The number of hydrogen-bond acceptors (Lipinski definition) is 3. The zero-order valence-electron chi connectivity index (χ0n) is 11.0. The van der Waals surface area contributed by atoms with Gasteiger partial charge in [0.2, 0.25) is 5.91 Å². The maximum absolute atomic E-state index is 12.0. The fourth-order valence-electron chi connectivity index (χ4n) is 2.13. The number of carbonyl (C=O) groups is 1. The molecule has 0 aliphatic carbocycles. The molecule has 1 saturated heterocycles. The van der Waals surface area contributed by atoms with E-state index < -0.39 is 0 Å². The Labute approximate surface area is 123 Å². The first-order chi connectivity index (χ1) is 9.15. The van der Waals surface area contributed by atoms with Crippen LogP contribution in [0.2, 0.25) is 5.02 Å². The molecule has 1 aromatic carbocycles. The number of thioether (sulfide) groups is 1. The van der Waals surface area contributed by atoms with Gasteiger partial charge in [0.1, 0.15) is 0 Å². The van der Waals surface area contributed by atoms with Crippen LogP contribution in [0.4, 0.5) is 0 Å². The molecule has 2 N–H and O–H groups in total. The van der Waals surface area contributed by atoms with Gasteiger partial charge >= 0.3 is 0 Å². The van der Waals surface area contributed by atoms with Crippen molar-refractivity contribution in [2.75, 3.05) is 18.1 Å². The zero-order chi connectivity index (χ0) is 13.7. The van der Waals surface area contributed by atoms with E-state index in [-0.39, 0.29) is 11.9 Å². The van der Waals surface area contributed by atoms with Crippen molar-refractivity contribution in [2.24, 2.45) is 0 Å². The molecule has 0 aromatic heterocycles. The van der Waals surface area contributed by atoms with E-state index in [1.807, 2.05) is 43.0 Å². The average Bonchev–Trinajstić information content (AvgIpc) is 2.39. The van der Waals surface area contributed by atoms with Crippen molar-refractivity contribution in [1.82, 2.24) is 10.6 Å². The third-order valence-electron chi connectivity index (χ3n) is 3.16. The number of hydrogen-bond donors (Lipinski definition) is 2. The minimum absolute atomic E-state index is 0.0116. The Morgan fingerprint density at radius 1 is 1.63 bits per heavy atom. The fraction of sp³-hybridized carbons (Fsp3) is 0.500. The van der Waals surface area contributed by atoms with Gasteiger partial charge in [0, 0.05) is 35.5 Å². The molecule has 1 fully saturated rings. The van der Waals surface area contributed by atoms with Gasteiger partial charge in [0.15, 0.2) is 0 Å². The highest BCUT2D eigenvalue weighted by atomic mass is 35.5. The van der Waals surface area contributed by atoms with Crippen molar-refractivity contribution >= 4 is 29.3 Å². The lowest BCUT2D eigenvalue weighted by Gasteiger charge is -2.23. The predicted molar refractivity (Wildman–Crippen MR) is 81.7 cm³/mol. The van der Waals surface area contributed by atoms with E-state index in [0.29, 0.717) is 17.5 Å². The Morgan fingerprint density at radius 3 is 3.16 bits per heavy atom. The van der Waals surface area contributed by atoms with E-state index in [2.05, 4.69) is 10.6 Å². The number of amides is 1. The van der Waals surface area contributed by atoms with Crippen LogP contribution in [0.15, 0.2) is 24.3 Å². The molecule has 3 nitrogen and oxygen atoms in total. The number of benzene rings is 1. The van der Waals surface area contributed by atoms with E-state index in [9.17, 15) is 4.79 Å². The molecular weight excluding hydrogens is 280 g/mol. The third-order valence-corrected chi connectivity index (χ3v) is 4.52. The summed E-state index contributed by atoms with van der Waals surface area (Å²) >= 11 is 7.86. The highest BCUT2D eigenvalue weighted by molar-refractivity contribution is 7.99. The standard InChI is InChI=1S/C14H19ClN2OS/c1-10(11-3-2-4-12(15)7-11)17-14(18)8-13-9-19-6-5-16-13/h2-4,7,10,13,16H,5-6,8-9H2,1H3,(H,17,18). The van der Waals surface area contributed by atoms with Gasteiger partial charge in [0.05, 0.1) is 6.04 Å². The Balaban J connectivity index is 1.84. The van der Waals surface area contributed by atoms with Gasteiger partial charge in [-0.05, 0) is 24.6 Å². The fourth-order valence-corrected chi connectivity index (χ4v) is 3.28. The number of nitrogens with one attached hydrogen (secondary N) is 2. The van der Waals surface area contributed by atoms with Crippen molar-refractivity contribution in [3.8, 4) is 0 Å². The molecule has 1 aliphatic rings. The summed E-state index contributed by atoms with van der Waals surface area (Å²) in [7, 11) is 0. The van der Waals surface area contributed by atoms with E-state index in [0.717, 1.165) is 23.6 Å². The maximum atomic E-state index is 12.0. The van der Waals surface area contributed by atoms with Gasteiger partial charge in [-0.3, -0.25) is 4.79 Å². The molecule has 2 unspecified atom stereocenters. The smallest absolute Gasteiger partial charge is 0.222 e. The average molecular weight is 299 g/mol. The highest BCUT2D eigenvalue weighted by Gasteiger charge is 2.18. The normalized spacial score (nSPS) is 20.8. The predicted octanol–water partition coefficient (Wildman–Crippen LogP) is 2.61. The summed E-state index contributed by atoms with van der Waals surface area (Å²) in [5, 5.41) is 7.09. The second-order valence-corrected chi connectivity index (χ2v) is 6.36. The van der Waals surface area contributed by atoms with Crippen LogP contribution in [0.1, 0.15) is 24.9 Å². The van der Waals surface area contributed by atoms with Crippen LogP contribution < -0.4 is 10.6 Å². The molecule has 5 heteroatoms. The first-order valence-corrected chi connectivity index (χ1v) is 8.04. The molecule has 0 spiro atoms. The molecule has 0 bridgehead atoms. The Morgan fingerprint density at radius 2 is 2.47 bits per heavy atom. The van der Waals surface area contributed by atoms with Gasteiger partial charge in [-0.15, -0.1) is 0 Å². The van der Waals surface area contributed by atoms with Gasteiger partial charge in [-0.25, -0.2) is 0 Å². The summed E-state index contributed by atoms with van der Waals surface area (Å²) in [5.74, 6) is 2.24. The molecule has 0 saturated carbocycles. The van der Waals surface area contributed by atoms with E-state index in [4.69, 9.17) is 11.6 Å². The van der Waals surface area contributed by atoms with Crippen LogP contribution in [0.5, 0.6) is 0 Å². The van der Waals surface area contributed by atoms with Crippen LogP contribution >= 0.6 is 23.4 Å². The van der Waals surface area contributed by atoms with Gasteiger partial charge in [-0.2, -0.15) is 11.8 Å². The summed E-state index contributed by atoms with van der Waals surface area (Å²) in [6.45, 7) is 2.97. The van der Waals surface area contributed by atoms with E-state index in [1.165, 1.54) is 0 Å². The molecular formula is C14H19ClN2OS. The first-order valence-electron chi connectivity index (χ1n) is 6.51. The number of halogens is 1. The van der Waals surface area contributed by atoms with Crippen LogP contribution in [-0.4, -0.2) is 30.0 Å². The lowest BCUT2D eigenvalue weighted by atomic mass is 10.1. The van der Waals surface area contributed by atoms with Crippen molar-refractivity contribution in [3.05, 3.63) is 34.9 Å². The van der Waals surface area contributed by atoms with Crippen LogP contribution in [0.3, 0.4) is 0 Å². The zero-order valence-corrected chi connectivity index (χ0v) is 12.6. The lowest BCUT2D eigenvalue weighted by Crippen LogP contribution is -2.41. The molecule has 2 rings (SSSR count). The molecule has 1 aromatic rings. The minimum Gasteiger partial charge on any atom is -0.350 e. The SMILES string of the molecule is CC(NC(=O)CC1CSCCN1)c1cccc(Cl)c1. The number of rotatable bonds is 4. The molecule has 1 aliphatic heterocycles. The quantitative estimate of drug-likeness (QED) is 0.898. The monoisotopic (exact) mass is 298 g/mol. The number of carbonyl (C=O) groups excluding carboxylic acids is 1. The summed E-state index contributed by atoms with van der Waals surface area (Å²) < 4.78 is 0. The van der Waals surface area contributed by atoms with Crippen molar-refractivity contribution in [2.45, 2.75) is 25.4 Å². The Kier molecular flexibility index (Phi) is 5.55. The van der Waals surface area contributed by atoms with Crippen LogP contribution in [-0.2, 0) is 4.79 Å². The summed E-state index contributed by atoms with van der Waals surface area (Å²) in [6.07, 6.45) is 0.540. The highest BCUT2D eigenvalue weighted by Crippen LogP contribution is 2.18. The first kappa shape index (κ1) is 14.7. The molecule has 2 atom stereocenters. The Hall–Kier alpha value is -0.710. The molecule has 104 valence electrons. The van der Waals surface area contributed by atoms with E-state index in [1.54, 1.807) is 0 Å². The van der Waals surface area contributed by atoms with Gasteiger partial charge < -0.3 is 10.6 Å². The summed E-state index contributed by atoms with van der Waals surface area (Å²) in [6, 6.07) is 7.89. The summed E-state index contributed by atoms with van der Waals surface area (Å²) in [5.41, 5.74) is 1.03. The van der Waals surface area contributed by atoms with Crippen molar-refractivity contribution in [1.29, 1.82) is 0 Å². The largest absolute Gasteiger partial charge is 0.350 e. The molecule has 1 amide bonds. The second-order valence-electron chi connectivity index (χ2n) is 4.77. The summed E-state index contributed by atoms with van der Waals surface area (Å²) in [4.78, 5) is 12.0. The molecule has 19 heavy (non-hydrogen) atoms. The van der Waals surface area contributed by atoms with Gasteiger partial charge in [0.25, 0.3) is 0 Å². The minimum atomic E-state index is -0.0116. The maximum Gasteiger partial charge on any atom is 0.222 e. The topological polar surface area (TPSA) is 41.1 Å². The van der Waals surface area contributed by atoms with E-state index >= 15 is 0 Å². The van der Waals surface area contributed by atoms with Crippen LogP contribution in [0.25, 0.3) is 0 Å². The van der Waals surface area contributed by atoms with Gasteiger partial charge in [-0.1, -0.05) is 23.7 Å².